The van der Waals surface area contributed by atoms with Gasteiger partial charge < -0.3 is 9.64 Å². The van der Waals surface area contributed by atoms with Crippen molar-refractivity contribution in [3.05, 3.63) is 38.7 Å². The van der Waals surface area contributed by atoms with Crippen LogP contribution in [-0.4, -0.2) is 59.8 Å². The van der Waals surface area contributed by atoms with Crippen LogP contribution in [0.2, 0.25) is 10.0 Å². The number of ether oxygens (including phenoxy) is 1. The minimum absolute atomic E-state index is 0.0921. The molecule has 0 saturated carbocycles. The Balaban J connectivity index is 1.96. The van der Waals surface area contributed by atoms with Crippen LogP contribution in [0.5, 0.6) is 0 Å². The number of esters is 1. The van der Waals surface area contributed by atoms with Gasteiger partial charge in [-0.2, -0.15) is 0 Å². The Hall–Kier alpha value is -1.12. The summed E-state index contributed by atoms with van der Waals surface area (Å²) in [7, 11) is 3.79. The second-order valence-electron chi connectivity index (χ2n) is 5.77. The second-order valence-corrected chi connectivity index (χ2v) is 8.29. The normalized spacial score (nSPS) is 16.0. The van der Waals surface area contributed by atoms with Crippen LogP contribution in [0, 0.1) is 0 Å². The molecule has 140 valence electrons. The molecule has 2 rings (SSSR count). The van der Waals surface area contributed by atoms with Crippen molar-refractivity contribution in [3.8, 4) is 0 Å². The summed E-state index contributed by atoms with van der Waals surface area (Å²) in [6.07, 6.45) is 1.77. The molecule has 1 heterocycles. The van der Waals surface area contributed by atoms with Crippen molar-refractivity contribution in [2.45, 2.75) is 6.42 Å². The Morgan fingerprint density at radius 2 is 2.12 bits per heavy atom. The molecule has 1 fully saturated rings. The van der Waals surface area contributed by atoms with Crippen LogP contribution in [0.3, 0.4) is 0 Å². The summed E-state index contributed by atoms with van der Waals surface area (Å²) < 4.78 is 5.53. The number of carbonyl (C=O) groups excluding carboxylic acids is 2. The number of hydrogen-bond donors (Lipinski definition) is 0. The average molecular weight is 433 g/mol. The van der Waals surface area contributed by atoms with Crippen molar-refractivity contribution < 1.29 is 14.3 Å². The quantitative estimate of drug-likeness (QED) is 0.372. The Morgan fingerprint density at radius 1 is 1.38 bits per heavy atom. The van der Waals surface area contributed by atoms with Gasteiger partial charge in [0, 0.05) is 23.1 Å². The molecule has 9 heteroatoms. The minimum Gasteiger partial charge on any atom is -0.464 e. The van der Waals surface area contributed by atoms with E-state index in [0.717, 1.165) is 0 Å². The van der Waals surface area contributed by atoms with Crippen LogP contribution >= 0.6 is 47.2 Å². The van der Waals surface area contributed by atoms with Crippen molar-refractivity contribution in [2.75, 3.05) is 33.8 Å². The van der Waals surface area contributed by atoms with Gasteiger partial charge in [-0.1, -0.05) is 53.2 Å². The minimum atomic E-state index is -0.356. The molecule has 26 heavy (non-hydrogen) atoms. The average Bonchev–Trinajstić information content (AvgIpc) is 2.81. The van der Waals surface area contributed by atoms with Gasteiger partial charge in [0.1, 0.15) is 10.9 Å². The lowest BCUT2D eigenvalue weighted by atomic mass is 10.2. The summed E-state index contributed by atoms with van der Waals surface area (Å²) in [5, 5.41) is 0.972. The number of hydrogen-bond acceptors (Lipinski definition) is 6. The zero-order valence-corrected chi connectivity index (χ0v) is 17.5. The summed E-state index contributed by atoms with van der Waals surface area (Å²) in [4.78, 5) is 28.1. The molecule has 0 spiro atoms. The molecule has 1 aliphatic rings. The fraction of sp³-hybridized carbons (Fsp3) is 0.353. The van der Waals surface area contributed by atoms with Gasteiger partial charge in [0.15, 0.2) is 0 Å². The van der Waals surface area contributed by atoms with E-state index in [4.69, 9.17) is 40.2 Å². The summed E-state index contributed by atoms with van der Waals surface area (Å²) in [5.74, 6) is -0.599. The molecule has 1 aromatic carbocycles. The van der Waals surface area contributed by atoms with Gasteiger partial charge in [-0.15, -0.1) is 0 Å². The van der Waals surface area contributed by atoms with E-state index in [1.807, 2.05) is 19.0 Å². The molecule has 1 saturated heterocycles. The summed E-state index contributed by atoms with van der Waals surface area (Å²) in [6.45, 7) is 1.16. The second kappa shape index (κ2) is 9.71. The maximum Gasteiger partial charge on any atom is 0.307 e. The SMILES string of the molecule is CN(C)CCOC(=O)CCN1C(=O)/C(=C/c2ccc(Cl)cc2Cl)SC1=S. The highest BCUT2D eigenvalue weighted by atomic mass is 35.5. The van der Waals surface area contributed by atoms with Gasteiger partial charge in [0.05, 0.1) is 11.3 Å². The monoisotopic (exact) mass is 432 g/mol. The molecule has 0 aromatic heterocycles. The van der Waals surface area contributed by atoms with Crippen LogP contribution in [0.4, 0.5) is 0 Å². The van der Waals surface area contributed by atoms with Crippen molar-refractivity contribution >= 4 is 69.5 Å². The summed E-state index contributed by atoms with van der Waals surface area (Å²) >= 11 is 18.5. The van der Waals surface area contributed by atoms with Crippen molar-refractivity contribution in [1.82, 2.24) is 9.80 Å². The number of carbonyl (C=O) groups is 2. The van der Waals surface area contributed by atoms with Crippen molar-refractivity contribution in [3.63, 3.8) is 0 Å². The van der Waals surface area contributed by atoms with Gasteiger partial charge in [-0.05, 0) is 37.9 Å². The van der Waals surface area contributed by atoms with E-state index in [0.29, 0.717) is 38.0 Å². The number of amides is 1. The van der Waals surface area contributed by atoms with E-state index in [1.165, 1.54) is 16.7 Å². The molecule has 1 aliphatic heterocycles. The van der Waals surface area contributed by atoms with E-state index in [-0.39, 0.29) is 24.8 Å². The van der Waals surface area contributed by atoms with Crippen LogP contribution < -0.4 is 0 Å². The fourth-order valence-corrected chi connectivity index (χ4v) is 3.83. The van der Waals surface area contributed by atoms with E-state index < -0.39 is 0 Å². The summed E-state index contributed by atoms with van der Waals surface area (Å²) in [6, 6.07) is 5.04. The molecule has 0 aliphatic carbocycles. The predicted molar refractivity (Wildman–Crippen MR) is 110 cm³/mol. The summed E-state index contributed by atoms with van der Waals surface area (Å²) in [5.41, 5.74) is 0.680. The molecule has 5 nitrogen and oxygen atoms in total. The number of thioether (sulfide) groups is 1. The lowest BCUT2D eigenvalue weighted by Gasteiger charge is -2.14. The third kappa shape index (κ3) is 5.96. The van der Waals surface area contributed by atoms with Crippen LogP contribution in [0.1, 0.15) is 12.0 Å². The first-order valence-corrected chi connectivity index (χ1v) is 9.77. The van der Waals surface area contributed by atoms with Gasteiger partial charge >= 0.3 is 5.97 Å². The van der Waals surface area contributed by atoms with Gasteiger partial charge in [0.2, 0.25) is 0 Å². The highest BCUT2D eigenvalue weighted by molar-refractivity contribution is 8.26. The number of halogens is 2. The largest absolute Gasteiger partial charge is 0.464 e. The number of nitrogens with zero attached hydrogens (tertiary/aromatic N) is 2. The first-order chi connectivity index (χ1) is 12.3. The van der Waals surface area contributed by atoms with Crippen molar-refractivity contribution in [2.24, 2.45) is 0 Å². The third-order valence-electron chi connectivity index (χ3n) is 3.46. The van der Waals surface area contributed by atoms with Crippen LogP contribution in [-0.2, 0) is 14.3 Å². The van der Waals surface area contributed by atoms with Gasteiger partial charge in [0.25, 0.3) is 5.91 Å². The molecule has 0 radical (unpaired) electrons. The predicted octanol–water partition coefficient (Wildman–Crippen LogP) is 3.69. The molecule has 1 amide bonds. The van der Waals surface area contributed by atoms with E-state index in [1.54, 1.807) is 24.3 Å². The maximum absolute atomic E-state index is 12.5. The first-order valence-electron chi connectivity index (χ1n) is 7.78. The van der Waals surface area contributed by atoms with Gasteiger partial charge in [-0.3, -0.25) is 14.5 Å². The van der Waals surface area contributed by atoms with Gasteiger partial charge in [-0.25, -0.2) is 0 Å². The lowest BCUT2D eigenvalue weighted by Crippen LogP contribution is -2.31. The molecule has 0 unspecified atom stereocenters. The maximum atomic E-state index is 12.5. The smallest absolute Gasteiger partial charge is 0.307 e. The number of benzene rings is 1. The van der Waals surface area contributed by atoms with Crippen molar-refractivity contribution in [1.29, 1.82) is 0 Å². The molecular weight excluding hydrogens is 415 g/mol. The molecular formula is C17H18Cl2N2O3S2. The van der Waals surface area contributed by atoms with Crippen LogP contribution in [0.25, 0.3) is 6.08 Å². The van der Waals surface area contributed by atoms with E-state index >= 15 is 0 Å². The fourth-order valence-electron chi connectivity index (χ4n) is 2.07. The first kappa shape index (κ1) is 21.2. The number of likely N-dealkylation sites (N-methyl/N-ethyl adjacent to an activating group) is 1. The topological polar surface area (TPSA) is 49.9 Å². The Morgan fingerprint density at radius 3 is 2.77 bits per heavy atom. The Kier molecular flexibility index (Phi) is 7.91. The highest BCUT2D eigenvalue weighted by Gasteiger charge is 2.32. The molecule has 1 aromatic rings. The third-order valence-corrected chi connectivity index (χ3v) is 5.40. The zero-order valence-electron chi connectivity index (χ0n) is 14.3. The van der Waals surface area contributed by atoms with Crippen LogP contribution in [0.15, 0.2) is 23.1 Å². The Labute approximate surface area is 172 Å². The van der Waals surface area contributed by atoms with E-state index in [2.05, 4.69) is 0 Å². The van der Waals surface area contributed by atoms with E-state index in [9.17, 15) is 9.59 Å². The Bertz CT molecular complexity index is 754. The molecule has 0 atom stereocenters. The number of rotatable bonds is 7. The zero-order chi connectivity index (χ0) is 19.3. The molecule has 0 N–H and O–H groups in total. The lowest BCUT2D eigenvalue weighted by molar-refractivity contribution is -0.144. The number of thiocarbonyl (C=S) groups is 1. The molecule has 0 bridgehead atoms. The highest BCUT2D eigenvalue weighted by Crippen LogP contribution is 2.34. The standard InChI is InChI=1S/C17H18Cl2N2O3S2/c1-20(2)7-8-24-15(22)5-6-21-16(23)14(26-17(21)25)9-11-3-4-12(18)10-13(11)19/h3-4,9-10H,5-8H2,1-2H3/b14-9-.